The molecule has 0 unspecified atom stereocenters. The van der Waals surface area contributed by atoms with E-state index in [1.165, 1.54) is 16.2 Å². The predicted molar refractivity (Wildman–Crippen MR) is 238 cm³/mol. The summed E-state index contributed by atoms with van der Waals surface area (Å²) in [6.07, 6.45) is 0. The fourth-order valence-corrected chi connectivity index (χ4v) is 8.37. The maximum Gasteiger partial charge on any atom is 0.161 e. The minimum atomic E-state index is 0.455. The lowest BCUT2D eigenvalue weighted by atomic mass is 9.93. The van der Waals surface area contributed by atoms with Gasteiger partial charge in [0.15, 0.2) is 11.7 Å². The van der Waals surface area contributed by atoms with Crippen LogP contribution < -0.4 is 0 Å². The van der Waals surface area contributed by atoms with Gasteiger partial charge >= 0.3 is 0 Å². The van der Waals surface area contributed by atoms with Crippen LogP contribution in [-0.2, 0) is 6.54 Å². The standard InChI is InChI=1S/C52H33N3O2/c1-53-52(55-51(54-31-32-13-3-2-4-14-32)36-25-26-38-35(29-36)24-23-33-15-5-7-17-37(33)38)43-28-27-40(49-48(43)42-20-10-12-22-46(42)56-49)44-30-34-16-6-8-18-39(34)47-41-19-9-11-21-45(41)57-50(44)47/h2-30H,1,31H2. The molecule has 0 N–H and O–H groups in total. The summed E-state index contributed by atoms with van der Waals surface area (Å²) in [5.74, 6) is 1.02. The summed E-state index contributed by atoms with van der Waals surface area (Å²) in [7, 11) is 0. The van der Waals surface area contributed by atoms with E-state index in [1.54, 1.807) is 0 Å². The second-order valence-electron chi connectivity index (χ2n) is 14.4. The maximum atomic E-state index is 6.80. The highest BCUT2D eigenvalue weighted by atomic mass is 16.3. The van der Waals surface area contributed by atoms with E-state index in [4.69, 9.17) is 18.8 Å². The van der Waals surface area contributed by atoms with E-state index in [9.17, 15) is 0 Å². The molecular weight excluding hydrogens is 699 g/mol. The Morgan fingerprint density at radius 2 is 1.05 bits per heavy atom. The summed E-state index contributed by atoms with van der Waals surface area (Å²) in [6.45, 7) is 4.51. The van der Waals surface area contributed by atoms with Crippen LogP contribution in [0.4, 0.5) is 0 Å². The molecule has 11 rings (SSSR count). The molecule has 11 aromatic rings. The summed E-state index contributed by atoms with van der Waals surface area (Å²) < 4.78 is 13.5. The van der Waals surface area contributed by atoms with Crippen molar-refractivity contribution in [2.24, 2.45) is 15.0 Å². The molecule has 0 aliphatic carbocycles. The maximum absolute atomic E-state index is 6.80. The van der Waals surface area contributed by atoms with E-state index in [2.05, 4.69) is 139 Å². The van der Waals surface area contributed by atoms with E-state index >= 15 is 0 Å². The molecule has 2 aromatic heterocycles. The van der Waals surface area contributed by atoms with Gasteiger partial charge in [-0.1, -0.05) is 140 Å². The number of benzene rings is 9. The molecule has 9 aromatic carbocycles. The van der Waals surface area contributed by atoms with Gasteiger partial charge in [0.05, 0.1) is 6.54 Å². The topological polar surface area (TPSA) is 63.4 Å². The Morgan fingerprint density at radius 1 is 0.456 bits per heavy atom. The number of hydrogen-bond donors (Lipinski definition) is 0. The highest BCUT2D eigenvalue weighted by Crippen LogP contribution is 2.45. The van der Waals surface area contributed by atoms with Gasteiger partial charge in [0.1, 0.15) is 22.3 Å². The van der Waals surface area contributed by atoms with Crippen molar-refractivity contribution in [2.45, 2.75) is 6.54 Å². The number of para-hydroxylation sites is 2. The van der Waals surface area contributed by atoms with Gasteiger partial charge in [0.2, 0.25) is 0 Å². The highest BCUT2D eigenvalue weighted by Gasteiger charge is 2.23. The molecule has 0 saturated carbocycles. The zero-order chi connectivity index (χ0) is 37.9. The number of hydrogen-bond acceptors (Lipinski definition) is 3. The Bertz CT molecular complexity index is 3460. The molecule has 0 saturated heterocycles. The molecule has 0 atom stereocenters. The van der Waals surface area contributed by atoms with E-state index < -0.39 is 0 Å². The fourth-order valence-electron chi connectivity index (χ4n) is 8.37. The van der Waals surface area contributed by atoms with Crippen molar-refractivity contribution in [3.05, 3.63) is 193 Å². The largest absolute Gasteiger partial charge is 0.455 e. The van der Waals surface area contributed by atoms with E-state index in [1.807, 2.05) is 48.5 Å². The molecule has 5 heteroatoms. The lowest BCUT2D eigenvalue weighted by Crippen LogP contribution is -2.06. The van der Waals surface area contributed by atoms with Gasteiger partial charge in [-0.2, -0.15) is 0 Å². The number of aliphatic imine (C=N–C) groups is 3. The van der Waals surface area contributed by atoms with Gasteiger partial charge in [0, 0.05) is 43.8 Å². The molecule has 2 heterocycles. The van der Waals surface area contributed by atoms with Gasteiger partial charge in [-0.05, 0) is 81.0 Å². The Morgan fingerprint density at radius 3 is 1.82 bits per heavy atom. The lowest BCUT2D eigenvalue weighted by molar-refractivity contribution is 0.665. The van der Waals surface area contributed by atoms with Gasteiger partial charge in [-0.3, -0.25) is 4.99 Å². The minimum absolute atomic E-state index is 0.455. The van der Waals surface area contributed by atoms with Crippen LogP contribution in [0.3, 0.4) is 0 Å². The first-order valence-electron chi connectivity index (χ1n) is 19.1. The Labute approximate surface area is 327 Å². The van der Waals surface area contributed by atoms with Crippen LogP contribution in [0.15, 0.2) is 200 Å². The van der Waals surface area contributed by atoms with Gasteiger partial charge < -0.3 is 8.83 Å². The molecule has 0 radical (unpaired) electrons. The van der Waals surface area contributed by atoms with Crippen molar-refractivity contribution >= 4 is 94.6 Å². The predicted octanol–water partition coefficient (Wildman–Crippen LogP) is 13.7. The summed E-state index contributed by atoms with van der Waals surface area (Å²) >= 11 is 0. The SMILES string of the molecule is C=NC(=NC(=NCc1ccccc1)c1ccc2c(ccc3ccccc32)c1)c1ccc(-c2cc3ccccc3c3c2oc2ccccc23)c2oc3ccccc3c12. The normalized spacial score (nSPS) is 12.6. The third-order valence-electron chi connectivity index (χ3n) is 11.0. The van der Waals surface area contributed by atoms with E-state index in [0.717, 1.165) is 87.9 Å². The summed E-state index contributed by atoms with van der Waals surface area (Å²) in [5, 5.41) is 11.0. The average Bonchev–Trinajstić information content (AvgIpc) is 3.86. The smallest absolute Gasteiger partial charge is 0.161 e. The first-order chi connectivity index (χ1) is 28.2. The molecular formula is C52H33N3O2. The second-order valence-corrected chi connectivity index (χ2v) is 14.4. The van der Waals surface area contributed by atoms with Crippen LogP contribution in [-0.4, -0.2) is 18.4 Å². The van der Waals surface area contributed by atoms with Crippen LogP contribution in [0.25, 0.3) is 87.3 Å². The Balaban J connectivity index is 1.14. The van der Waals surface area contributed by atoms with Crippen molar-refractivity contribution in [3.63, 3.8) is 0 Å². The minimum Gasteiger partial charge on any atom is -0.455 e. The van der Waals surface area contributed by atoms with Crippen LogP contribution >= 0.6 is 0 Å². The molecule has 268 valence electrons. The quantitative estimate of drug-likeness (QED) is 0.100. The molecule has 0 aliphatic rings. The van der Waals surface area contributed by atoms with Crippen molar-refractivity contribution < 1.29 is 8.83 Å². The molecule has 0 amide bonds. The molecule has 5 nitrogen and oxygen atoms in total. The first kappa shape index (κ1) is 32.8. The molecule has 0 bridgehead atoms. The average molecular weight is 732 g/mol. The van der Waals surface area contributed by atoms with E-state index in [0.29, 0.717) is 18.2 Å². The van der Waals surface area contributed by atoms with Crippen LogP contribution in [0.5, 0.6) is 0 Å². The van der Waals surface area contributed by atoms with Crippen LogP contribution in [0, 0.1) is 0 Å². The summed E-state index contributed by atoms with van der Waals surface area (Å²) in [6, 6.07) is 60.7. The lowest BCUT2D eigenvalue weighted by Gasteiger charge is -2.11. The Kier molecular flexibility index (Phi) is 7.64. The molecule has 0 aliphatic heterocycles. The second kappa shape index (κ2) is 13.3. The monoisotopic (exact) mass is 731 g/mol. The van der Waals surface area contributed by atoms with Gasteiger partial charge in [-0.15, -0.1) is 0 Å². The molecule has 0 spiro atoms. The third-order valence-corrected chi connectivity index (χ3v) is 11.0. The van der Waals surface area contributed by atoms with E-state index in [-0.39, 0.29) is 0 Å². The molecule has 57 heavy (non-hydrogen) atoms. The number of furan rings is 2. The first-order valence-corrected chi connectivity index (χ1v) is 19.1. The van der Waals surface area contributed by atoms with Crippen molar-refractivity contribution in [1.29, 1.82) is 0 Å². The molecule has 0 fully saturated rings. The van der Waals surface area contributed by atoms with Crippen molar-refractivity contribution in [2.75, 3.05) is 0 Å². The zero-order valence-electron chi connectivity index (χ0n) is 30.8. The highest BCUT2D eigenvalue weighted by molar-refractivity contribution is 6.27. The Hall–Kier alpha value is -7.63. The number of rotatable bonds is 5. The number of nitrogens with zero attached hydrogens (tertiary/aromatic N) is 3. The van der Waals surface area contributed by atoms with Crippen LogP contribution in [0.2, 0.25) is 0 Å². The van der Waals surface area contributed by atoms with Crippen LogP contribution in [0.1, 0.15) is 16.7 Å². The number of fused-ring (bicyclic) bond motifs is 11. The summed E-state index contributed by atoms with van der Waals surface area (Å²) in [4.78, 5) is 15.0. The van der Waals surface area contributed by atoms with Gasteiger partial charge in [0.25, 0.3) is 0 Å². The van der Waals surface area contributed by atoms with Gasteiger partial charge in [-0.25, -0.2) is 9.98 Å². The zero-order valence-corrected chi connectivity index (χ0v) is 30.8. The van der Waals surface area contributed by atoms with Crippen molar-refractivity contribution in [1.82, 2.24) is 0 Å². The number of amidine groups is 2. The summed E-state index contributed by atoms with van der Waals surface area (Å²) in [5.41, 5.74) is 7.81. The fraction of sp³-hybridized carbons (Fsp3) is 0.0192. The third kappa shape index (κ3) is 5.43. The van der Waals surface area contributed by atoms with Crippen molar-refractivity contribution in [3.8, 4) is 11.1 Å².